The third-order valence-corrected chi connectivity index (χ3v) is 4.67. The first-order chi connectivity index (χ1) is 15.3. The molecule has 3 rings (SSSR count). The van der Waals surface area contributed by atoms with Crippen LogP contribution in [0.2, 0.25) is 0 Å². The van der Waals surface area contributed by atoms with E-state index in [1.165, 1.54) is 22.9 Å². The number of nitrogens with zero attached hydrogens (tertiary/aromatic N) is 3. The van der Waals surface area contributed by atoms with Crippen molar-refractivity contribution in [3.05, 3.63) is 82.1 Å². The Kier molecular flexibility index (Phi) is 9.50. The van der Waals surface area contributed by atoms with Crippen LogP contribution in [0.1, 0.15) is 12.0 Å². The Morgan fingerprint density at radius 3 is 2.58 bits per heavy atom. The molecule has 7 nitrogen and oxygen atoms in total. The van der Waals surface area contributed by atoms with Gasteiger partial charge in [-0.2, -0.15) is 5.10 Å². The lowest BCUT2D eigenvalue weighted by atomic mass is 10.1. The quantitative estimate of drug-likeness (QED) is 0.484. The summed E-state index contributed by atoms with van der Waals surface area (Å²) in [6.45, 7) is 1.58. The maximum Gasteiger partial charge on any atom is 0.319 e. The molecule has 0 radical (unpaired) electrons. The van der Waals surface area contributed by atoms with Gasteiger partial charge in [-0.15, -0.1) is 12.4 Å². The van der Waals surface area contributed by atoms with E-state index < -0.39 is 11.6 Å². The van der Waals surface area contributed by atoms with Crippen LogP contribution in [-0.4, -0.2) is 47.9 Å². The van der Waals surface area contributed by atoms with Crippen LogP contribution in [-0.2, 0) is 6.54 Å². The van der Waals surface area contributed by atoms with E-state index in [1.54, 1.807) is 24.3 Å². The molecular formula is C23H26ClF2N5O2. The summed E-state index contributed by atoms with van der Waals surface area (Å²) in [4.78, 5) is 26.4. The van der Waals surface area contributed by atoms with Crippen molar-refractivity contribution in [2.75, 3.05) is 32.5 Å². The lowest BCUT2D eigenvalue weighted by molar-refractivity contribution is 0.251. The van der Waals surface area contributed by atoms with Crippen molar-refractivity contribution in [3.8, 4) is 11.3 Å². The van der Waals surface area contributed by atoms with Crippen molar-refractivity contribution in [3.63, 3.8) is 0 Å². The van der Waals surface area contributed by atoms with E-state index in [-0.39, 0.29) is 30.5 Å². The van der Waals surface area contributed by atoms with Gasteiger partial charge in [0.05, 0.1) is 12.2 Å². The molecule has 0 unspecified atom stereocenters. The fourth-order valence-corrected chi connectivity index (χ4v) is 3.06. The minimum absolute atomic E-state index is 0. The number of amides is 2. The summed E-state index contributed by atoms with van der Waals surface area (Å²) in [5.74, 6) is -1.94. The first-order valence-electron chi connectivity index (χ1n) is 10.1. The molecule has 0 saturated carbocycles. The number of urea groups is 1. The third-order valence-electron chi connectivity index (χ3n) is 4.67. The molecule has 176 valence electrons. The molecule has 2 amide bonds. The number of carbonyl (C=O) groups is 1. The summed E-state index contributed by atoms with van der Waals surface area (Å²) >= 11 is 0. The Balaban J connectivity index is 0.00000385. The van der Waals surface area contributed by atoms with Crippen LogP contribution < -0.4 is 16.2 Å². The zero-order chi connectivity index (χ0) is 23.1. The van der Waals surface area contributed by atoms with Gasteiger partial charge in [0.2, 0.25) is 0 Å². The molecule has 1 heterocycles. The summed E-state index contributed by atoms with van der Waals surface area (Å²) < 4.78 is 28.0. The van der Waals surface area contributed by atoms with E-state index in [9.17, 15) is 18.4 Å². The standard InChI is InChI=1S/C23H25F2N5O2.ClH/c1-29(2)12-4-11-26-23(32)27-18-6-3-5-16(13-18)15-30-22(31)10-9-21(28-30)17-7-8-19(24)20(25)14-17;/h3,5-10,13-14H,4,11-12,15H2,1-2H3,(H2,26,27,32);1H. The molecule has 33 heavy (non-hydrogen) atoms. The number of rotatable bonds is 8. The molecule has 0 fully saturated rings. The van der Waals surface area contributed by atoms with Gasteiger partial charge in [-0.3, -0.25) is 4.79 Å². The van der Waals surface area contributed by atoms with Gasteiger partial charge in [0, 0.05) is 23.9 Å². The van der Waals surface area contributed by atoms with Crippen LogP contribution in [0, 0.1) is 11.6 Å². The summed E-state index contributed by atoms with van der Waals surface area (Å²) in [6.07, 6.45) is 0.837. The highest BCUT2D eigenvalue weighted by molar-refractivity contribution is 5.89. The Morgan fingerprint density at radius 2 is 1.85 bits per heavy atom. The van der Waals surface area contributed by atoms with Crippen molar-refractivity contribution < 1.29 is 13.6 Å². The summed E-state index contributed by atoms with van der Waals surface area (Å²) in [7, 11) is 3.94. The molecule has 0 aliphatic heterocycles. The predicted octanol–water partition coefficient (Wildman–Crippen LogP) is 3.73. The first-order valence-corrected chi connectivity index (χ1v) is 10.1. The molecular weight excluding hydrogens is 452 g/mol. The Bertz CT molecular complexity index is 1150. The van der Waals surface area contributed by atoms with Gasteiger partial charge in [0.1, 0.15) is 0 Å². The van der Waals surface area contributed by atoms with Gasteiger partial charge in [0.25, 0.3) is 5.56 Å². The van der Waals surface area contributed by atoms with Crippen molar-refractivity contribution in [1.82, 2.24) is 20.0 Å². The van der Waals surface area contributed by atoms with E-state index in [1.807, 2.05) is 19.0 Å². The van der Waals surface area contributed by atoms with Crippen LogP contribution in [0.15, 0.2) is 59.4 Å². The monoisotopic (exact) mass is 477 g/mol. The number of hydrogen-bond donors (Lipinski definition) is 2. The SMILES string of the molecule is CN(C)CCCNC(=O)Nc1cccc(Cn2nc(-c3ccc(F)c(F)c3)ccc2=O)c1.Cl. The lowest BCUT2D eigenvalue weighted by Gasteiger charge is -2.12. The van der Waals surface area contributed by atoms with Crippen LogP contribution in [0.4, 0.5) is 19.3 Å². The molecule has 0 bridgehead atoms. The van der Waals surface area contributed by atoms with Crippen LogP contribution >= 0.6 is 12.4 Å². The van der Waals surface area contributed by atoms with Gasteiger partial charge in [0.15, 0.2) is 11.6 Å². The topological polar surface area (TPSA) is 79.3 Å². The Hall–Kier alpha value is -3.30. The highest BCUT2D eigenvalue weighted by Crippen LogP contribution is 2.19. The molecule has 2 aromatic carbocycles. The molecule has 0 atom stereocenters. The molecule has 1 aromatic heterocycles. The largest absolute Gasteiger partial charge is 0.338 e. The van der Waals surface area contributed by atoms with Crippen molar-refractivity contribution >= 4 is 24.1 Å². The number of halogens is 3. The van der Waals surface area contributed by atoms with Gasteiger partial charge in [-0.05, 0) is 69.0 Å². The number of aromatic nitrogens is 2. The summed E-state index contributed by atoms with van der Waals surface area (Å²) in [6, 6.07) is 13.0. The van der Waals surface area contributed by atoms with Gasteiger partial charge >= 0.3 is 6.03 Å². The van der Waals surface area contributed by atoms with Crippen LogP contribution in [0.5, 0.6) is 0 Å². The fraction of sp³-hybridized carbons (Fsp3) is 0.261. The molecule has 2 N–H and O–H groups in total. The third kappa shape index (κ3) is 7.65. The van der Waals surface area contributed by atoms with E-state index in [4.69, 9.17) is 0 Å². The maximum atomic E-state index is 13.6. The Labute approximate surface area is 196 Å². The molecule has 0 spiro atoms. The number of hydrogen-bond acceptors (Lipinski definition) is 4. The fourth-order valence-electron chi connectivity index (χ4n) is 3.06. The molecule has 0 aliphatic carbocycles. The van der Waals surface area contributed by atoms with Crippen LogP contribution in [0.25, 0.3) is 11.3 Å². The van der Waals surface area contributed by atoms with Crippen molar-refractivity contribution in [2.24, 2.45) is 0 Å². The first kappa shape index (κ1) is 26.0. The molecule has 0 saturated heterocycles. The van der Waals surface area contributed by atoms with E-state index >= 15 is 0 Å². The van der Waals surface area contributed by atoms with Gasteiger partial charge in [-0.1, -0.05) is 12.1 Å². The lowest BCUT2D eigenvalue weighted by Crippen LogP contribution is -2.31. The number of anilines is 1. The average molecular weight is 478 g/mol. The highest BCUT2D eigenvalue weighted by atomic mass is 35.5. The van der Waals surface area contributed by atoms with Gasteiger partial charge in [-0.25, -0.2) is 18.3 Å². The smallest absolute Gasteiger partial charge is 0.319 e. The van der Waals surface area contributed by atoms with Crippen LogP contribution in [0.3, 0.4) is 0 Å². The second-order valence-electron chi connectivity index (χ2n) is 7.58. The highest BCUT2D eigenvalue weighted by Gasteiger charge is 2.09. The normalized spacial score (nSPS) is 10.6. The number of nitrogens with one attached hydrogen (secondary N) is 2. The molecule has 0 aliphatic rings. The summed E-state index contributed by atoms with van der Waals surface area (Å²) in [5, 5.41) is 9.84. The predicted molar refractivity (Wildman–Crippen MR) is 127 cm³/mol. The molecule has 10 heteroatoms. The maximum absolute atomic E-state index is 13.6. The number of benzene rings is 2. The second-order valence-corrected chi connectivity index (χ2v) is 7.58. The van der Waals surface area contributed by atoms with Crippen molar-refractivity contribution in [1.29, 1.82) is 0 Å². The minimum Gasteiger partial charge on any atom is -0.338 e. The van der Waals surface area contributed by atoms with Gasteiger partial charge < -0.3 is 15.5 Å². The van der Waals surface area contributed by atoms with Crippen molar-refractivity contribution in [2.45, 2.75) is 13.0 Å². The Morgan fingerprint density at radius 1 is 1.06 bits per heavy atom. The van der Waals surface area contributed by atoms with E-state index in [0.29, 0.717) is 23.5 Å². The van der Waals surface area contributed by atoms with E-state index in [2.05, 4.69) is 15.7 Å². The zero-order valence-electron chi connectivity index (χ0n) is 18.3. The second kappa shape index (κ2) is 12.1. The summed E-state index contributed by atoms with van der Waals surface area (Å²) in [5.41, 5.74) is 1.69. The number of carbonyl (C=O) groups excluding carboxylic acids is 1. The zero-order valence-corrected chi connectivity index (χ0v) is 19.2. The minimum atomic E-state index is -0.985. The molecule has 3 aromatic rings. The van der Waals surface area contributed by atoms with E-state index in [0.717, 1.165) is 30.7 Å². The average Bonchev–Trinajstić information content (AvgIpc) is 2.75.